The molecule has 0 aliphatic rings. The molecule has 0 fully saturated rings. The van der Waals surface area contributed by atoms with Crippen molar-refractivity contribution < 1.29 is 0 Å². The van der Waals surface area contributed by atoms with Crippen molar-refractivity contribution in [3.63, 3.8) is 0 Å². The lowest BCUT2D eigenvalue weighted by Crippen LogP contribution is -1.71. The van der Waals surface area contributed by atoms with Crippen LogP contribution in [0.3, 0.4) is 0 Å². The molecule has 0 bridgehead atoms. The van der Waals surface area contributed by atoms with Gasteiger partial charge in [0, 0.05) is 4.70 Å². The molecule has 2 aromatic rings. The van der Waals surface area contributed by atoms with Crippen LogP contribution >= 0.6 is 11.3 Å². The molecule has 1 radical (unpaired) electrons. The molecule has 1 aromatic heterocycles. The molecule has 0 spiro atoms. The van der Waals surface area contributed by atoms with E-state index in [1.165, 1.54) is 15.6 Å². The van der Waals surface area contributed by atoms with E-state index in [9.17, 15) is 0 Å². The van der Waals surface area contributed by atoms with Crippen LogP contribution in [-0.2, 0) is 0 Å². The van der Waals surface area contributed by atoms with E-state index in [2.05, 4.69) is 31.0 Å². The minimum absolute atomic E-state index is 1.06. The predicted octanol–water partition coefficient (Wildman–Crippen LogP) is 3.73. The molecule has 12 heavy (non-hydrogen) atoms. The van der Waals surface area contributed by atoms with Crippen LogP contribution in [0, 0.1) is 6.92 Å². The second-order valence-corrected chi connectivity index (χ2v) is 3.64. The molecule has 0 saturated heterocycles. The summed E-state index contributed by atoms with van der Waals surface area (Å²) in [5, 5.41) is 3.39. The van der Waals surface area contributed by atoms with Gasteiger partial charge in [-0.15, -0.1) is 11.3 Å². The Kier molecular flexibility index (Phi) is 1.74. The molecule has 0 unspecified atom stereocenters. The van der Waals surface area contributed by atoms with Crippen molar-refractivity contribution in [2.24, 2.45) is 0 Å². The van der Waals surface area contributed by atoms with E-state index in [1.54, 1.807) is 11.3 Å². The van der Waals surface area contributed by atoms with E-state index < -0.39 is 0 Å². The normalized spacial score (nSPS) is 10.4. The maximum absolute atomic E-state index is 3.90. The van der Waals surface area contributed by atoms with Gasteiger partial charge in [0.05, 0.1) is 0 Å². The van der Waals surface area contributed by atoms with Crippen LogP contribution in [0.1, 0.15) is 11.1 Å². The molecule has 1 aromatic carbocycles. The van der Waals surface area contributed by atoms with Crippen LogP contribution < -0.4 is 0 Å². The number of hydrogen-bond acceptors (Lipinski definition) is 1. The van der Waals surface area contributed by atoms with Gasteiger partial charge in [0.2, 0.25) is 0 Å². The van der Waals surface area contributed by atoms with Crippen molar-refractivity contribution in [1.29, 1.82) is 0 Å². The molecule has 0 nitrogen and oxygen atoms in total. The largest absolute Gasteiger partial charge is 0.143 e. The molecule has 59 valence electrons. The summed E-state index contributed by atoms with van der Waals surface area (Å²) in [5.74, 6) is 0. The zero-order valence-electron chi connectivity index (χ0n) is 6.71. The average Bonchev–Trinajstić information content (AvgIpc) is 2.46. The van der Waals surface area contributed by atoms with E-state index in [1.807, 2.05) is 12.1 Å². The van der Waals surface area contributed by atoms with Crippen LogP contribution in [-0.4, -0.2) is 0 Å². The van der Waals surface area contributed by atoms with E-state index in [4.69, 9.17) is 0 Å². The van der Waals surface area contributed by atoms with Gasteiger partial charge in [-0.05, 0) is 40.9 Å². The van der Waals surface area contributed by atoms with Gasteiger partial charge < -0.3 is 0 Å². The Morgan fingerprint density at radius 2 is 2.17 bits per heavy atom. The van der Waals surface area contributed by atoms with Crippen molar-refractivity contribution in [3.05, 3.63) is 48.2 Å². The van der Waals surface area contributed by atoms with Crippen LogP contribution in [0.2, 0.25) is 0 Å². The fourth-order valence-corrected chi connectivity index (χ4v) is 2.18. The fraction of sp³-hybridized carbons (Fsp3) is 0. The first-order valence-electron chi connectivity index (χ1n) is 3.77. The third kappa shape index (κ3) is 1.07. The van der Waals surface area contributed by atoms with Crippen molar-refractivity contribution >= 4 is 27.5 Å². The number of rotatable bonds is 1. The summed E-state index contributed by atoms with van der Waals surface area (Å²) in [4.78, 5) is 0. The Morgan fingerprint density at radius 3 is 2.92 bits per heavy atom. The summed E-state index contributed by atoms with van der Waals surface area (Å²) in [6.07, 6.45) is 1.89. The zero-order valence-corrected chi connectivity index (χ0v) is 7.53. The molecular formula is C11H9S. The first-order chi connectivity index (χ1) is 5.81. The van der Waals surface area contributed by atoms with Crippen molar-refractivity contribution in [3.8, 4) is 0 Å². The lowest BCUT2D eigenvalue weighted by Gasteiger charge is -1.93. The second kappa shape index (κ2) is 2.76. The summed E-state index contributed by atoms with van der Waals surface area (Å²) in [7, 11) is 0. The van der Waals surface area contributed by atoms with E-state index >= 15 is 0 Å². The third-order valence-electron chi connectivity index (χ3n) is 1.89. The standard InChI is InChI=1S/C11H9S/c1-3-9-7-12-11-5-4-8(2)6-10(9)11/h3-7H,1-2H2. The number of hydrogen-bond donors (Lipinski definition) is 0. The molecule has 0 aliphatic heterocycles. The SMILES string of the molecule is [CH2]c1ccc2scc(C=C)c2c1. The van der Waals surface area contributed by atoms with Crippen molar-refractivity contribution in [2.75, 3.05) is 0 Å². The van der Waals surface area contributed by atoms with Crippen LogP contribution in [0.5, 0.6) is 0 Å². The molecule has 1 heteroatoms. The smallest absolute Gasteiger partial charge is 0.0349 e. The van der Waals surface area contributed by atoms with Gasteiger partial charge in [0.1, 0.15) is 0 Å². The summed E-state index contributed by atoms with van der Waals surface area (Å²) >= 11 is 1.75. The topological polar surface area (TPSA) is 0 Å². The Bertz CT molecular complexity index is 423. The minimum Gasteiger partial charge on any atom is -0.143 e. The van der Waals surface area contributed by atoms with Crippen molar-refractivity contribution in [2.45, 2.75) is 0 Å². The number of benzene rings is 1. The van der Waals surface area contributed by atoms with Gasteiger partial charge in [0.25, 0.3) is 0 Å². The van der Waals surface area contributed by atoms with Crippen molar-refractivity contribution in [1.82, 2.24) is 0 Å². The maximum atomic E-state index is 3.90. The van der Waals surface area contributed by atoms with Gasteiger partial charge in [-0.2, -0.15) is 0 Å². The van der Waals surface area contributed by atoms with Gasteiger partial charge in [-0.1, -0.05) is 18.7 Å². The lowest BCUT2D eigenvalue weighted by molar-refractivity contribution is 1.69. The molecular weight excluding hydrogens is 164 g/mol. The summed E-state index contributed by atoms with van der Waals surface area (Å²) in [6, 6.07) is 6.24. The highest BCUT2D eigenvalue weighted by molar-refractivity contribution is 7.17. The zero-order chi connectivity index (χ0) is 8.55. The molecule has 0 amide bonds. The lowest BCUT2D eigenvalue weighted by atomic mass is 10.1. The van der Waals surface area contributed by atoms with E-state index in [0.29, 0.717) is 0 Å². The van der Waals surface area contributed by atoms with E-state index in [0.717, 1.165) is 5.56 Å². The summed E-state index contributed by atoms with van der Waals surface area (Å²) in [6.45, 7) is 7.67. The average molecular weight is 173 g/mol. The molecule has 1 heterocycles. The molecule has 2 rings (SSSR count). The Labute approximate surface area is 76.2 Å². The van der Waals surface area contributed by atoms with Gasteiger partial charge in [-0.3, -0.25) is 0 Å². The van der Waals surface area contributed by atoms with E-state index in [-0.39, 0.29) is 0 Å². The first-order valence-corrected chi connectivity index (χ1v) is 4.65. The Morgan fingerprint density at radius 1 is 1.33 bits per heavy atom. The van der Waals surface area contributed by atoms with Crippen LogP contribution in [0.15, 0.2) is 30.2 Å². The molecule has 0 atom stereocenters. The maximum Gasteiger partial charge on any atom is 0.0349 e. The highest BCUT2D eigenvalue weighted by atomic mass is 32.1. The first kappa shape index (κ1) is 7.56. The quantitative estimate of drug-likeness (QED) is 0.616. The monoisotopic (exact) mass is 173 g/mol. The number of thiophene rings is 1. The van der Waals surface area contributed by atoms with Gasteiger partial charge in [0.15, 0.2) is 0 Å². The fourth-order valence-electron chi connectivity index (χ4n) is 1.25. The molecule has 0 N–H and O–H groups in total. The van der Waals surface area contributed by atoms with Gasteiger partial charge in [-0.25, -0.2) is 0 Å². The number of fused-ring (bicyclic) bond motifs is 1. The predicted molar refractivity (Wildman–Crippen MR) is 56.4 cm³/mol. The third-order valence-corrected chi connectivity index (χ3v) is 2.87. The summed E-state index contributed by atoms with van der Waals surface area (Å²) in [5.41, 5.74) is 2.27. The second-order valence-electron chi connectivity index (χ2n) is 2.73. The van der Waals surface area contributed by atoms with Crippen LogP contribution in [0.4, 0.5) is 0 Å². The molecule has 0 aliphatic carbocycles. The Balaban J connectivity index is 2.83. The summed E-state index contributed by atoms with van der Waals surface area (Å²) < 4.78 is 1.30. The minimum atomic E-state index is 1.06. The highest BCUT2D eigenvalue weighted by Gasteiger charge is 1.99. The van der Waals surface area contributed by atoms with Gasteiger partial charge >= 0.3 is 0 Å². The van der Waals surface area contributed by atoms with Crippen LogP contribution in [0.25, 0.3) is 16.2 Å². The molecule has 0 saturated carbocycles. The highest BCUT2D eigenvalue weighted by Crippen LogP contribution is 2.27. The Hall–Kier alpha value is -1.08.